The Labute approximate surface area is 174 Å². The van der Waals surface area contributed by atoms with E-state index >= 15 is 0 Å². The molecule has 0 nitrogen and oxygen atoms in total. The number of thiophene rings is 6. The molecule has 6 aromatic heterocycles. The monoisotopic (exact) mass is 444 g/mol. The van der Waals surface area contributed by atoms with E-state index in [1.54, 1.807) is 0 Å². The van der Waals surface area contributed by atoms with Crippen LogP contribution in [0.25, 0.3) is 47.7 Å². The largest absolute Gasteiger partial charge is 0.143 e. The lowest BCUT2D eigenvalue weighted by Gasteiger charge is -1.94. The van der Waals surface area contributed by atoms with Gasteiger partial charge in [-0.3, -0.25) is 0 Å². The SMILES string of the molecule is Cc1c(-c2cccs2)sc2c1sc1c3sc(-c4cccs4)c(C)c3sc21. The van der Waals surface area contributed by atoms with E-state index in [9.17, 15) is 0 Å². The van der Waals surface area contributed by atoms with Crippen molar-refractivity contribution in [1.82, 2.24) is 0 Å². The predicted octanol–water partition coefficient (Wildman–Crippen LogP) is 9.47. The summed E-state index contributed by atoms with van der Waals surface area (Å²) in [6.45, 7) is 4.59. The maximum absolute atomic E-state index is 2.29. The number of fused-ring (bicyclic) bond motifs is 5. The lowest BCUT2D eigenvalue weighted by atomic mass is 10.2. The highest BCUT2D eigenvalue weighted by atomic mass is 32.1. The van der Waals surface area contributed by atoms with E-state index in [0.717, 1.165) is 0 Å². The molecule has 0 amide bonds. The molecule has 0 bridgehead atoms. The molecule has 6 heteroatoms. The van der Waals surface area contributed by atoms with Crippen molar-refractivity contribution in [2.45, 2.75) is 13.8 Å². The zero-order valence-electron chi connectivity index (χ0n) is 13.9. The molecule has 0 aromatic carbocycles. The van der Waals surface area contributed by atoms with Crippen LogP contribution in [0.15, 0.2) is 35.0 Å². The summed E-state index contributed by atoms with van der Waals surface area (Å²) < 4.78 is 8.98. The van der Waals surface area contributed by atoms with Gasteiger partial charge in [-0.2, -0.15) is 0 Å². The van der Waals surface area contributed by atoms with Gasteiger partial charge in [-0.05, 0) is 47.9 Å². The van der Waals surface area contributed by atoms with Gasteiger partial charge in [-0.1, -0.05) is 12.1 Å². The van der Waals surface area contributed by atoms with E-state index < -0.39 is 0 Å². The van der Waals surface area contributed by atoms with Crippen LogP contribution >= 0.6 is 68.0 Å². The maximum atomic E-state index is 2.29. The first kappa shape index (κ1) is 16.0. The van der Waals surface area contributed by atoms with Gasteiger partial charge in [0.05, 0.1) is 28.2 Å². The smallest absolute Gasteiger partial charge is 0.0651 e. The van der Waals surface area contributed by atoms with Gasteiger partial charge in [0.15, 0.2) is 0 Å². The van der Waals surface area contributed by atoms with Gasteiger partial charge < -0.3 is 0 Å². The Balaban J connectivity index is 1.65. The van der Waals surface area contributed by atoms with Crippen LogP contribution in [-0.4, -0.2) is 0 Å². The van der Waals surface area contributed by atoms with Gasteiger partial charge in [0.25, 0.3) is 0 Å². The first-order valence-corrected chi connectivity index (χ1v) is 13.2. The zero-order chi connectivity index (χ0) is 17.4. The lowest BCUT2D eigenvalue weighted by molar-refractivity contribution is 1.62. The molecule has 0 unspecified atom stereocenters. The molecule has 0 fully saturated rings. The van der Waals surface area contributed by atoms with Gasteiger partial charge in [0, 0.05) is 19.5 Å². The molecule has 6 aromatic rings. The van der Waals surface area contributed by atoms with Crippen LogP contribution in [0.3, 0.4) is 0 Å². The summed E-state index contributed by atoms with van der Waals surface area (Å²) in [4.78, 5) is 5.71. The van der Waals surface area contributed by atoms with E-state index in [1.807, 2.05) is 68.0 Å². The number of hydrogen-bond donors (Lipinski definition) is 0. The Hall–Kier alpha value is -1.02. The van der Waals surface area contributed by atoms with Crippen molar-refractivity contribution >= 4 is 96.2 Å². The molecule has 0 aliphatic heterocycles. The summed E-state index contributed by atoms with van der Waals surface area (Å²) in [7, 11) is 0. The second kappa shape index (κ2) is 5.74. The van der Waals surface area contributed by atoms with Gasteiger partial charge in [-0.25, -0.2) is 0 Å². The third-order valence-corrected chi connectivity index (χ3v) is 12.7. The molecular weight excluding hydrogens is 433 g/mol. The quantitative estimate of drug-likeness (QED) is 0.249. The second-order valence-electron chi connectivity index (χ2n) is 6.25. The average molecular weight is 445 g/mol. The molecule has 0 atom stereocenters. The number of aryl methyl sites for hydroxylation is 2. The molecule has 0 N–H and O–H groups in total. The normalized spacial score (nSPS) is 12.2. The summed E-state index contributed by atoms with van der Waals surface area (Å²) >= 11 is 11.7. The van der Waals surface area contributed by atoms with Gasteiger partial charge >= 0.3 is 0 Å². The summed E-state index contributed by atoms with van der Waals surface area (Å²) in [5, 5.41) is 4.35. The molecule has 0 aliphatic carbocycles. The highest BCUT2D eigenvalue weighted by Crippen LogP contribution is 2.55. The summed E-state index contributed by atoms with van der Waals surface area (Å²) in [6, 6.07) is 8.79. The van der Waals surface area contributed by atoms with E-state index in [-0.39, 0.29) is 0 Å². The van der Waals surface area contributed by atoms with E-state index in [4.69, 9.17) is 0 Å². The van der Waals surface area contributed by atoms with Crippen LogP contribution in [0, 0.1) is 13.8 Å². The standard InChI is InChI=1S/C20H12S6/c1-9-13(11-5-3-7-21-11)23-17-15(9)25-20-18-16(26-19(17)20)10(2)14(24-18)12-6-4-8-22-12/h3-8H,1-2H3. The Morgan fingerprint density at radius 2 is 0.962 bits per heavy atom. The molecular formula is C20H12S6. The third-order valence-electron chi connectivity index (χ3n) is 4.70. The summed E-state index contributed by atoms with van der Waals surface area (Å²) in [6.07, 6.45) is 0. The molecule has 6 rings (SSSR count). The fourth-order valence-electron chi connectivity index (χ4n) is 3.42. The first-order chi connectivity index (χ1) is 12.7. The molecule has 128 valence electrons. The van der Waals surface area contributed by atoms with Crippen molar-refractivity contribution < 1.29 is 0 Å². The fraction of sp³-hybridized carbons (Fsp3) is 0.100. The molecule has 0 spiro atoms. The fourth-order valence-corrected chi connectivity index (χ4v) is 11.3. The van der Waals surface area contributed by atoms with Gasteiger partial charge in [-0.15, -0.1) is 68.0 Å². The average Bonchev–Trinajstić information content (AvgIpc) is 3.41. The van der Waals surface area contributed by atoms with Crippen LogP contribution in [-0.2, 0) is 0 Å². The van der Waals surface area contributed by atoms with Crippen molar-refractivity contribution in [3.05, 3.63) is 46.2 Å². The highest BCUT2D eigenvalue weighted by Gasteiger charge is 2.22. The molecule has 0 aliphatic rings. The van der Waals surface area contributed by atoms with Crippen molar-refractivity contribution in [1.29, 1.82) is 0 Å². The lowest BCUT2D eigenvalue weighted by Crippen LogP contribution is -1.68. The van der Waals surface area contributed by atoms with E-state index in [1.165, 1.54) is 58.8 Å². The van der Waals surface area contributed by atoms with Crippen LogP contribution in [0.5, 0.6) is 0 Å². The van der Waals surface area contributed by atoms with Crippen molar-refractivity contribution in [3.63, 3.8) is 0 Å². The van der Waals surface area contributed by atoms with Crippen molar-refractivity contribution in [2.75, 3.05) is 0 Å². The molecule has 0 radical (unpaired) electrons. The minimum atomic E-state index is 1.40. The Bertz CT molecular complexity index is 1270. The van der Waals surface area contributed by atoms with Crippen LogP contribution < -0.4 is 0 Å². The topological polar surface area (TPSA) is 0 Å². The van der Waals surface area contributed by atoms with Crippen LogP contribution in [0.2, 0.25) is 0 Å². The third kappa shape index (κ3) is 2.08. The minimum Gasteiger partial charge on any atom is -0.143 e. The Morgan fingerprint density at radius 1 is 0.538 bits per heavy atom. The summed E-state index contributed by atoms with van der Waals surface area (Å²) in [5.41, 5.74) is 2.92. The van der Waals surface area contributed by atoms with Gasteiger partial charge in [0.2, 0.25) is 0 Å². The molecule has 26 heavy (non-hydrogen) atoms. The van der Waals surface area contributed by atoms with E-state index in [2.05, 4.69) is 48.9 Å². The first-order valence-electron chi connectivity index (χ1n) is 8.17. The van der Waals surface area contributed by atoms with Crippen LogP contribution in [0.4, 0.5) is 0 Å². The minimum absolute atomic E-state index is 1.40. The summed E-state index contributed by atoms with van der Waals surface area (Å²) in [5.74, 6) is 0. The predicted molar refractivity (Wildman–Crippen MR) is 127 cm³/mol. The van der Waals surface area contributed by atoms with Crippen LogP contribution in [0.1, 0.15) is 11.1 Å². The number of rotatable bonds is 2. The highest BCUT2D eigenvalue weighted by molar-refractivity contribution is 7.46. The molecule has 0 saturated carbocycles. The zero-order valence-corrected chi connectivity index (χ0v) is 18.8. The van der Waals surface area contributed by atoms with Crippen molar-refractivity contribution in [2.24, 2.45) is 0 Å². The Morgan fingerprint density at radius 3 is 1.35 bits per heavy atom. The molecule has 0 saturated heterocycles. The maximum Gasteiger partial charge on any atom is 0.0651 e. The molecule has 6 heterocycles. The van der Waals surface area contributed by atoms with E-state index in [0.29, 0.717) is 0 Å². The number of hydrogen-bond acceptors (Lipinski definition) is 6. The van der Waals surface area contributed by atoms with Gasteiger partial charge in [0.1, 0.15) is 0 Å². The van der Waals surface area contributed by atoms with Crippen molar-refractivity contribution in [3.8, 4) is 19.5 Å². The second-order valence-corrected chi connectivity index (χ2v) is 12.2. The Kier molecular flexibility index (Phi) is 3.53.